The Kier molecular flexibility index (Phi) is 7.92. The second kappa shape index (κ2) is 8.92. The standard InChI is InChI=1S/C16H34N2/c1-4-15(17)8-7-12-18(13-11-14(2)3)16-9-5-6-10-16/h14-16H,4-13,17H2,1-3H3. The van der Waals surface area contributed by atoms with Gasteiger partial charge in [0.25, 0.3) is 0 Å². The van der Waals surface area contributed by atoms with Crippen LogP contribution in [0.4, 0.5) is 0 Å². The molecule has 0 aromatic carbocycles. The maximum atomic E-state index is 6.02. The summed E-state index contributed by atoms with van der Waals surface area (Å²) in [5.74, 6) is 0.826. The average Bonchev–Trinajstić information content (AvgIpc) is 2.86. The van der Waals surface area contributed by atoms with Crippen molar-refractivity contribution in [3.8, 4) is 0 Å². The zero-order valence-electron chi connectivity index (χ0n) is 12.8. The first kappa shape index (κ1) is 16.0. The normalized spacial score (nSPS) is 19.0. The summed E-state index contributed by atoms with van der Waals surface area (Å²) in [5, 5.41) is 0. The van der Waals surface area contributed by atoms with Crippen LogP contribution < -0.4 is 5.73 Å². The number of rotatable bonds is 9. The molecule has 1 fully saturated rings. The summed E-state index contributed by atoms with van der Waals surface area (Å²) in [5.41, 5.74) is 6.02. The molecule has 0 bridgehead atoms. The van der Waals surface area contributed by atoms with Gasteiger partial charge in [-0.2, -0.15) is 0 Å². The molecule has 0 heterocycles. The topological polar surface area (TPSA) is 29.3 Å². The van der Waals surface area contributed by atoms with Crippen molar-refractivity contribution in [2.24, 2.45) is 11.7 Å². The summed E-state index contributed by atoms with van der Waals surface area (Å²) in [7, 11) is 0. The Hall–Kier alpha value is -0.0800. The molecule has 0 aliphatic heterocycles. The van der Waals surface area contributed by atoms with Crippen molar-refractivity contribution in [2.45, 2.75) is 84.2 Å². The lowest BCUT2D eigenvalue weighted by molar-refractivity contribution is 0.183. The van der Waals surface area contributed by atoms with E-state index in [1.807, 2.05) is 0 Å². The quantitative estimate of drug-likeness (QED) is 0.678. The highest BCUT2D eigenvalue weighted by Crippen LogP contribution is 2.24. The maximum Gasteiger partial charge on any atom is 0.00952 e. The third-order valence-electron chi connectivity index (χ3n) is 4.38. The highest BCUT2D eigenvalue weighted by Gasteiger charge is 2.22. The van der Waals surface area contributed by atoms with Gasteiger partial charge in [0.1, 0.15) is 0 Å². The maximum absolute atomic E-state index is 6.02. The van der Waals surface area contributed by atoms with Gasteiger partial charge in [0.15, 0.2) is 0 Å². The van der Waals surface area contributed by atoms with E-state index in [0.717, 1.165) is 18.4 Å². The van der Waals surface area contributed by atoms with E-state index in [9.17, 15) is 0 Å². The first-order valence-electron chi connectivity index (χ1n) is 8.13. The van der Waals surface area contributed by atoms with E-state index in [1.54, 1.807) is 0 Å². The van der Waals surface area contributed by atoms with Crippen molar-refractivity contribution < 1.29 is 0 Å². The van der Waals surface area contributed by atoms with E-state index in [-0.39, 0.29) is 0 Å². The molecule has 1 aliphatic rings. The minimum absolute atomic E-state index is 0.417. The lowest BCUT2D eigenvalue weighted by Crippen LogP contribution is -2.36. The summed E-state index contributed by atoms with van der Waals surface area (Å²) in [6.07, 6.45) is 10.7. The van der Waals surface area contributed by atoms with Gasteiger partial charge in [-0.25, -0.2) is 0 Å². The molecule has 0 saturated heterocycles. The van der Waals surface area contributed by atoms with Gasteiger partial charge in [0.05, 0.1) is 0 Å². The van der Waals surface area contributed by atoms with Crippen molar-refractivity contribution >= 4 is 0 Å². The lowest BCUT2D eigenvalue weighted by atomic mass is 10.1. The predicted molar refractivity (Wildman–Crippen MR) is 80.8 cm³/mol. The van der Waals surface area contributed by atoms with Gasteiger partial charge in [0.2, 0.25) is 0 Å². The van der Waals surface area contributed by atoms with E-state index >= 15 is 0 Å². The van der Waals surface area contributed by atoms with E-state index in [4.69, 9.17) is 5.73 Å². The Morgan fingerprint density at radius 1 is 1.11 bits per heavy atom. The molecule has 2 heteroatoms. The summed E-state index contributed by atoms with van der Waals surface area (Å²) >= 11 is 0. The Morgan fingerprint density at radius 2 is 1.78 bits per heavy atom. The number of hydrogen-bond donors (Lipinski definition) is 1. The van der Waals surface area contributed by atoms with Crippen LogP contribution in [0.25, 0.3) is 0 Å². The SMILES string of the molecule is CCC(N)CCCN(CCC(C)C)C1CCCC1. The van der Waals surface area contributed by atoms with Crippen LogP contribution in [0, 0.1) is 5.92 Å². The van der Waals surface area contributed by atoms with E-state index in [1.165, 1.54) is 58.0 Å². The molecule has 108 valence electrons. The molecule has 1 saturated carbocycles. The third-order valence-corrected chi connectivity index (χ3v) is 4.38. The molecule has 0 aromatic rings. The largest absolute Gasteiger partial charge is 0.328 e. The highest BCUT2D eigenvalue weighted by atomic mass is 15.2. The fourth-order valence-electron chi connectivity index (χ4n) is 2.93. The van der Waals surface area contributed by atoms with Gasteiger partial charge in [-0.05, 0) is 57.5 Å². The van der Waals surface area contributed by atoms with E-state index in [0.29, 0.717) is 6.04 Å². The summed E-state index contributed by atoms with van der Waals surface area (Å²) in [6.45, 7) is 9.42. The van der Waals surface area contributed by atoms with Gasteiger partial charge in [-0.3, -0.25) is 0 Å². The molecule has 0 radical (unpaired) electrons. The average molecular weight is 254 g/mol. The summed E-state index contributed by atoms with van der Waals surface area (Å²) < 4.78 is 0. The predicted octanol–water partition coefficient (Wildman–Crippen LogP) is 3.79. The van der Waals surface area contributed by atoms with Gasteiger partial charge < -0.3 is 10.6 Å². The Bertz CT molecular complexity index is 197. The fraction of sp³-hybridized carbons (Fsp3) is 1.00. The molecule has 0 amide bonds. The van der Waals surface area contributed by atoms with Crippen LogP contribution in [-0.2, 0) is 0 Å². The monoisotopic (exact) mass is 254 g/mol. The van der Waals surface area contributed by atoms with Crippen LogP contribution in [0.1, 0.15) is 72.1 Å². The molecule has 0 aromatic heterocycles. The minimum Gasteiger partial charge on any atom is -0.328 e. The van der Waals surface area contributed by atoms with Crippen molar-refractivity contribution in [3.05, 3.63) is 0 Å². The molecule has 2 nitrogen and oxygen atoms in total. The van der Waals surface area contributed by atoms with Crippen molar-refractivity contribution in [2.75, 3.05) is 13.1 Å². The van der Waals surface area contributed by atoms with Crippen LogP contribution >= 0.6 is 0 Å². The summed E-state index contributed by atoms with van der Waals surface area (Å²) in [6, 6.07) is 1.29. The summed E-state index contributed by atoms with van der Waals surface area (Å²) in [4.78, 5) is 2.76. The van der Waals surface area contributed by atoms with Gasteiger partial charge >= 0.3 is 0 Å². The lowest BCUT2D eigenvalue weighted by Gasteiger charge is -2.29. The zero-order chi connectivity index (χ0) is 13.4. The molecule has 1 unspecified atom stereocenters. The molecular weight excluding hydrogens is 220 g/mol. The van der Waals surface area contributed by atoms with Crippen molar-refractivity contribution in [1.82, 2.24) is 4.90 Å². The van der Waals surface area contributed by atoms with Crippen LogP contribution in [0.2, 0.25) is 0 Å². The fourth-order valence-corrected chi connectivity index (χ4v) is 2.93. The Balaban J connectivity index is 2.29. The second-order valence-electron chi connectivity index (χ2n) is 6.47. The third kappa shape index (κ3) is 6.19. The number of nitrogens with zero attached hydrogens (tertiary/aromatic N) is 1. The van der Waals surface area contributed by atoms with Gasteiger partial charge in [0, 0.05) is 12.1 Å². The van der Waals surface area contributed by atoms with Gasteiger partial charge in [-0.1, -0.05) is 33.6 Å². The van der Waals surface area contributed by atoms with Crippen molar-refractivity contribution in [1.29, 1.82) is 0 Å². The molecule has 18 heavy (non-hydrogen) atoms. The number of nitrogens with two attached hydrogens (primary N) is 1. The molecule has 0 spiro atoms. The van der Waals surface area contributed by atoms with Gasteiger partial charge in [-0.15, -0.1) is 0 Å². The van der Waals surface area contributed by atoms with Crippen molar-refractivity contribution in [3.63, 3.8) is 0 Å². The van der Waals surface area contributed by atoms with Crippen LogP contribution in [0.5, 0.6) is 0 Å². The Morgan fingerprint density at radius 3 is 2.33 bits per heavy atom. The van der Waals surface area contributed by atoms with E-state index < -0.39 is 0 Å². The first-order chi connectivity index (χ1) is 8.63. The Labute approximate surface area is 114 Å². The molecule has 2 N–H and O–H groups in total. The van der Waals surface area contributed by atoms with Crippen LogP contribution in [0.15, 0.2) is 0 Å². The highest BCUT2D eigenvalue weighted by molar-refractivity contribution is 4.78. The van der Waals surface area contributed by atoms with Crippen LogP contribution in [0.3, 0.4) is 0 Å². The van der Waals surface area contributed by atoms with E-state index in [2.05, 4.69) is 25.7 Å². The molecular formula is C16H34N2. The minimum atomic E-state index is 0.417. The zero-order valence-corrected chi connectivity index (χ0v) is 12.8. The smallest absolute Gasteiger partial charge is 0.00952 e. The molecule has 1 aliphatic carbocycles. The number of hydrogen-bond acceptors (Lipinski definition) is 2. The first-order valence-corrected chi connectivity index (χ1v) is 8.13. The molecule has 1 rings (SSSR count). The van der Waals surface area contributed by atoms with Crippen LogP contribution in [-0.4, -0.2) is 30.1 Å². The molecule has 1 atom stereocenters. The second-order valence-corrected chi connectivity index (χ2v) is 6.47.